The third-order valence-electron chi connectivity index (χ3n) is 6.11. The number of amides is 2. The van der Waals surface area contributed by atoms with Gasteiger partial charge in [-0.15, -0.1) is 0 Å². The Morgan fingerprint density at radius 2 is 1.53 bits per heavy atom. The fourth-order valence-electron chi connectivity index (χ4n) is 4.41. The Balaban J connectivity index is 1.33. The standard InChI is InChI=1S/C25H30N2O3/c28-24(26-21-9-3-1-4-10-21)20-8-7-17-27(18-20)25(29)19-13-15-23(16-14-19)30-22-11-5-2-6-12-22/h2,5-6,11-16,20-21H,1,3-4,7-10,17-18H2,(H,26,28). The van der Waals surface area contributed by atoms with Crippen molar-refractivity contribution in [2.24, 2.45) is 5.92 Å². The maximum atomic E-state index is 13.0. The Hall–Kier alpha value is -2.82. The predicted octanol–water partition coefficient (Wildman–Crippen LogP) is 4.78. The van der Waals surface area contributed by atoms with E-state index in [1.54, 1.807) is 12.1 Å². The van der Waals surface area contributed by atoms with Crippen LogP contribution in [-0.2, 0) is 4.79 Å². The average molecular weight is 407 g/mol. The second kappa shape index (κ2) is 9.79. The second-order valence-electron chi connectivity index (χ2n) is 8.37. The lowest BCUT2D eigenvalue weighted by Crippen LogP contribution is -2.47. The number of carbonyl (C=O) groups excluding carboxylic acids is 2. The lowest BCUT2D eigenvalue weighted by molar-refractivity contribution is -0.127. The normalized spacial score (nSPS) is 19.9. The third-order valence-corrected chi connectivity index (χ3v) is 6.11. The summed E-state index contributed by atoms with van der Waals surface area (Å²) in [6.45, 7) is 1.20. The molecule has 1 saturated heterocycles. The summed E-state index contributed by atoms with van der Waals surface area (Å²) in [6, 6.07) is 17.1. The largest absolute Gasteiger partial charge is 0.457 e. The van der Waals surface area contributed by atoms with Crippen molar-refractivity contribution in [1.82, 2.24) is 10.2 Å². The molecule has 1 heterocycles. The molecule has 0 radical (unpaired) electrons. The highest BCUT2D eigenvalue weighted by Gasteiger charge is 2.30. The molecule has 2 amide bonds. The molecule has 4 rings (SSSR count). The molecule has 158 valence electrons. The zero-order valence-electron chi connectivity index (χ0n) is 17.4. The van der Waals surface area contributed by atoms with Gasteiger partial charge in [0.15, 0.2) is 0 Å². The second-order valence-corrected chi connectivity index (χ2v) is 8.37. The molecule has 5 heteroatoms. The van der Waals surface area contributed by atoms with E-state index in [0.717, 1.165) is 31.4 Å². The minimum Gasteiger partial charge on any atom is -0.457 e. The number of ether oxygens (including phenoxy) is 1. The maximum Gasteiger partial charge on any atom is 0.253 e. The molecular formula is C25H30N2O3. The van der Waals surface area contributed by atoms with Crippen LogP contribution in [0.5, 0.6) is 11.5 Å². The number of para-hydroxylation sites is 1. The molecule has 30 heavy (non-hydrogen) atoms. The molecule has 2 fully saturated rings. The minimum atomic E-state index is -0.106. The van der Waals surface area contributed by atoms with E-state index in [1.807, 2.05) is 47.4 Å². The summed E-state index contributed by atoms with van der Waals surface area (Å²) in [4.78, 5) is 27.5. The van der Waals surface area contributed by atoms with Crippen molar-refractivity contribution in [1.29, 1.82) is 0 Å². The van der Waals surface area contributed by atoms with Crippen molar-refractivity contribution in [3.63, 3.8) is 0 Å². The fraction of sp³-hybridized carbons (Fsp3) is 0.440. The summed E-state index contributed by atoms with van der Waals surface area (Å²) in [6.07, 6.45) is 7.55. The molecule has 1 unspecified atom stereocenters. The van der Waals surface area contributed by atoms with Crippen LogP contribution in [0, 0.1) is 5.92 Å². The fourth-order valence-corrected chi connectivity index (χ4v) is 4.41. The molecule has 0 aromatic heterocycles. The van der Waals surface area contributed by atoms with Gasteiger partial charge >= 0.3 is 0 Å². The zero-order valence-corrected chi connectivity index (χ0v) is 17.4. The predicted molar refractivity (Wildman–Crippen MR) is 117 cm³/mol. The van der Waals surface area contributed by atoms with Gasteiger partial charge in [0.05, 0.1) is 5.92 Å². The van der Waals surface area contributed by atoms with Crippen LogP contribution < -0.4 is 10.1 Å². The lowest BCUT2D eigenvalue weighted by Gasteiger charge is -2.33. The van der Waals surface area contributed by atoms with Gasteiger partial charge in [-0.05, 0) is 62.1 Å². The van der Waals surface area contributed by atoms with Crippen LogP contribution in [0.2, 0.25) is 0 Å². The van der Waals surface area contributed by atoms with Crippen LogP contribution in [0.4, 0.5) is 0 Å². The molecule has 0 spiro atoms. The van der Waals surface area contributed by atoms with Crippen molar-refractivity contribution in [2.75, 3.05) is 13.1 Å². The SMILES string of the molecule is O=C(NC1CCCCC1)C1CCCN(C(=O)c2ccc(Oc3ccccc3)cc2)C1. The highest BCUT2D eigenvalue weighted by atomic mass is 16.5. The maximum absolute atomic E-state index is 13.0. The molecule has 1 N–H and O–H groups in total. The molecule has 1 aliphatic heterocycles. The molecule has 1 atom stereocenters. The van der Waals surface area contributed by atoms with E-state index in [9.17, 15) is 9.59 Å². The zero-order chi connectivity index (χ0) is 20.8. The van der Waals surface area contributed by atoms with E-state index >= 15 is 0 Å². The Morgan fingerprint density at radius 3 is 2.27 bits per heavy atom. The van der Waals surface area contributed by atoms with E-state index in [2.05, 4.69) is 5.32 Å². The van der Waals surface area contributed by atoms with Crippen LogP contribution in [0.25, 0.3) is 0 Å². The molecule has 1 aliphatic carbocycles. The van der Waals surface area contributed by atoms with Gasteiger partial charge in [-0.3, -0.25) is 9.59 Å². The number of nitrogens with one attached hydrogen (secondary N) is 1. The number of carbonyl (C=O) groups is 2. The molecule has 2 aromatic rings. The summed E-state index contributed by atoms with van der Waals surface area (Å²) < 4.78 is 5.80. The van der Waals surface area contributed by atoms with Crippen LogP contribution in [0.3, 0.4) is 0 Å². The average Bonchev–Trinajstić information content (AvgIpc) is 2.80. The first-order chi connectivity index (χ1) is 14.7. The van der Waals surface area contributed by atoms with E-state index in [0.29, 0.717) is 30.4 Å². The first-order valence-electron chi connectivity index (χ1n) is 11.1. The number of piperidine rings is 1. The minimum absolute atomic E-state index is 0.0172. The molecule has 2 aliphatic rings. The molecular weight excluding hydrogens is 376 g/mol. The molecule has 1 saturated carbocycles. The van der Waals surface area contributed by atoms with Crippen LogP contribution in [0.1, 0.15) is 55.3 Å². The molecule has 0 bridgehead atoms. The van der Waals surface area contributed by atoms with Crippen LogP contribution in [-0.4, -0.2) is 35.8 Å². The quantitative estimate of drug-likeness (QED) is 0.777. The van der Waals surface area contributed by atoms with Gasteiger partial charge in [-0.1, -0.05) is 37.5 Å². The van der Waals surface area contributed by atoms with Gasteiger partial charge < -0.3 is 15.0 Å². The Kier molecular flexibility index (Phi) is 6.67. The first-order valence-corrected chi connectivity index (χ1v) is 11.1. The summed E-state index contributed by atoms with van der Waals surface area (Å²) in [7, 11) is 0. The van der Waals surface area contributed by atoms with E-state index in [-0.39, 0.29) is 17.7 Å². The third kappa shape index (κ3) is 5.21. The summed E-state index contributed by atoms with van der Waals surface area (Å²) in [5, 5.41) is 3.23. The van der Waals surface area contributed by atoms with Crippen molar-refractivity contribution in [2.45, 2.75) is 51.0 Å². The Bertz CT molecular complexity index is 844. The van der Waals surface area contributed by atoms with Gasteiger partial charge in [-0.2, -0.15) is 0 Å². The summed E-state index contributed by atoms with van der Waals surface area (Å²) >= 11 is 0. The van der Waals surface area contributed by atoms with Gasteiger partial charge in [0.2, 0.25) is 5.91 Å². The van der Waals surface area contributed by atoms with E-state index < -0.39 is 0 Å². The van der Waals surface area contributed by atoms with E-state index in [4.69, 9.17) is 4.74 Å². The van der Waals surface area contributed by atoms with Crippen LogP contribution >= 0.6 is 0 Å². The van der Waals surface area contributed by atoms with Crippen LogP contribution in [0.15, 0.2) is 54.6 Å². The Morgan fingerprint density at radius 1 is 0.833 bits per heavy atom. The number of benzene rings is 2. The lowest BCUT2D eigenvalue weighted by atomic mass is 9.93. The Labute approximate surface area is 178 Å². The van der Waals surface area contributed by atoms with Crippen molar-refractivity contribution in [3.05, 3.63) is 60.2 Å². The summed E-state index contributed by atoms with van der Waals surface area (Å²) in [5.41, 5.74) is 0.628. The number of hydrogen-bond acceptors (Lipinski definition) is 3. The van der Waals surface area contributed by atoms with Gasteiger partial charge in [0, 0.05) is 24.7 Å². The number of nitrogens with zero attached hydrogens (tertiary/aromatic N) is 1. The summed E-state index contributed by atoms with van der Waals surface area (Å²) in [5.74, 6) is 1.45. The molecule has 2 aromatic carbocycles. The van der Waals surface area contributed by atoms with Crippen molar-refractivity contribution < 1.29 is 14.3 Å². The first kappa shape index (κ1) is 20.5. The monoisotopic (exact) mass is 406 g/mol. The van der Waals surface area contributed by atoms with Crippen molar-refractivity contribution in [3.8, 4) is 11.5 Å². The highest BCUT2D eigenvalue weighted by Crippen LogP contribution is 2.24. The van der Waals surface area contributed by atoms with Crippen molar-refractivity contribution >= 4 is 11.8 Å². The smallest absolute Gasteiger partial charge is 0.253 e. The van der Waals surface area contributed by atoms with Gasteiger partial charge in [-0.25, -0.2) is 0 Å². The van der Waals surface area contributed by atoms with E-state index in [1.165, 1.54) is 19.3 Å². The topological polar surface area (TPSA) is 58.6 Å². The van der Waals surface area contributed by atoms with Gasteiger partial charge in [0.1, 0.15) is 11.5 Å². The number of likely N-dealkylation sites (tertiary alicyclic amines) is 1. The van der Waals surface area contributed by atoms with Gasteiger partial charge in [0.25, 0.3) is 5.91 Å². The number of hydrogen-bond donors (Lipinski definition) is 1. The highest BCUT2D eigenvalue weighted by molar-refractivity contribution is 5.94. The number of rotatable bonds is 5. The molecule has 5 nitrogen and oxygen atoms in total.